The number of thioether (sulfide) groups is 1. The SMILES string of the molecule is O=C1CN(C(=S)NCCSc2ccccc2)CCN1. The minimum atomic E-state index is 0.0362. The number of hydrogen-bond acceptors (Lipinski definition) is 3. The highest BCUT2D eigenvalue weighted by Crippen LogP contribution is 2.15. The van der Waals surface area contributed by atoms with Gasteiger partial charge in [-0.15, -0.1) is 11.8 Å². The zero-order valence-corrected chi connectivity index (χ0v) is 12.2. The molecule has 1 aromatic rings. The first-order valence-corrected chi connectivity index (χ1v) is 7.62. The van der Waals surface area contributed by atoms with E-state index in [-0.39, 0.29) is 5.91 Å². The van der Waals surface area contributed by atoms with Gasteiger partial charge in [-0.3, -0.25) is 4.79 Å². The Bertz CT molecular complexity index is 439. The average Bonchev–Trinajstić information content (AvgIpc) is 2.44. The topological polar surface area (TPSA) is 44.4 Å². The summed E-state index contributed by atoms with van der Waals surface area (Å²) >= 11 is 7.07. The van der Waals surface area contributed by atoms with Crippen molar-refractivity contribution in [3.05, 3.63) is 30.3 Å². The molecular formula is C13H17N3OS2. The van der Waals surface area contributed by atoms with Crippen molar-refractivity contribution in [3.63, 3.8) is 0 Å². The smallest absolute Gasteiger partial charge is 0.239 e. The van der Waals surface area contributed by atoms with E-state index < -0.39 is 0 Å². The minimum absolute atomic E-state index is 0.0362. The Morgan fingerprint density at radius 2 is 2.21 bits per heavy atom. The molecule has 1 fully saturated rings. The van der Waals surface area contributed by atoms with Crippen LogP contribution in [0.25, 0.3) is 0 Å². The van der Waals surface area contributed by atoms with Crippen molar-refractivity contribution in [2.75, 3.05) is 31.9 Å². The van der Waals surface area contributed by atoms with Crippen molar-refractivity contribution in [3.8, 4) is 0 Å². The van der Waals surface area contributed by atoms with Crippen LogP contribution in [0.3, 0.4) is 0 Å². The molecule has 102 valence electrons. The number of thiocarbonyl (C=S) groups is 1. The van der Waals surface area contributed by atoms with E-state index in [0.717, 1.165) is 18.8 Å². The summed E-state index contributed by atoms with van der Waals surface area (Å²) in [5.74, 6) is 0.985. The van der Waals surface area contributed by atoms with E-state index in [9.17, 15) is 4.79 Å². The second-order valence-electron chi connectivity index (χ2n) is 4.16. The third-order valence-electron chi connectivity index (χ3n) is 2.72. The minimum Gasteiger partial charge on any atom is -0.362 e. The highest BCUT2D eigenvalue weighted by atomic mass is 32.2. The lowest BCUT2D eigenvalue weighted by molar-refractivity contribution is -0.122. The third kappa shape index (κ3) is 4.72. The first-order chi connectivity index (χ1) is 9.25. The van der Waals surface area contributed by atoms with Crippen LogP contribution in [0.5, 0.6) is 0 Å². The first-order valence-electron chi connectivity index (χ1n) is 6.23. The van der Waals surface area contributed by atoms with E-state index in [2.05, 4.69) is 22.8 Å². The fourth-order valence-corrected chi connectivity index (χ4v) is 2.81. The van der Waals surface area contributed by atoms with Crippen LogP contribution in [0.1, 0.15) is 0 Å². The van der Waals surface area contributed by atoms with Crippen LogP contribution in [0.15, 0.2) is 35.2 Å². The first kappa shape index (κ1) is 14.1. The molecule has 0 atom stereocenters. The Kier molecular flexibility index (Phi) is 5.47. The molecule has 1 amide bonds. The number of carbonyl (C=O) groups excluding carboxylic acids is 1. The molecule has 1 aromatic carbocycles. The predicted octanol–water partition coefficient (Wildman–Crippen LogP) is 1.09. The van der Waals surface area contributed by atoms with Gasteiger partial charge in [0, 0.05) is 30.3 Å². The van der Waals surface area contributed by atoms with Gasteiger partial charge in [0.05, 0.1) is 6.54 Å². The Morgan fingerprint density at radius 1 is 1.42 bits per heavy atom. The molecule has 2 N–H and O–H groups in total. The van der Waals surface area contributed by atoms with Crippen LogP contribution in [0.2, 0.25) is 0 Å². The highest BCUT2D eigenvalue weighted by Gasteiger charge is 2.17. The van der Waals surface area contributed by atoms with E-state index >= 15 is 0 Å². The average molecular weight is 295 g/mol. The molecule has 0 spiro atoms. The van der Waals surface area contributed by atoms with Gasteiger partial charge in [0.15, 0.2) is 5.11 Å². The molecule has 1 saturated heterocycles. The largest absolute Gasteiger partial charge is 0.362 e. The molecule has 4 nitrogen and oxygen atoms in total. The molecule has 6 heteroatoms. The van der Waals surface area contributed by atoms with E-state index in [1.54, 1.807) is 11.8 Å². The van der Waals surface area contributed by atoms with Gasteiger partial charge in [0.1, 0.15) is 0 Å². The van der Waals surface area contributed by atoms with Crippen LogP contribution < -0.4 is 10.6 Å². The summed E-state index contributed by atoms with van der Waals surface area (Å²) in [6.07, 6.45) is 0. The van der Waals surface area contributed by atoms with Gasteiger partial charge < -0.3 is 15.5 Å². The van der Waals surface area contributed by atoms with Crippen molar-refractivity contribution in [1.29, 1.82) is 0 Å². The Morgan fingerprint density at radius 3 is 2.95 bits per heavy atom. The van der Waals surface area contributed by atoms with Crippen molar-refractivity contribution in [2.45, 2.75) is 4.90 Å². The molecule has 0 aliphatic carbocycles. The van der Waals surface area contributed by atoms with Gasteiger partial charge >= 0.3 is 0 Å². The third-order valence-corrected chi connectivity index (χ3v) is 4.13. The summed E-state index contributed by atoms with van der Waals surface area (Å²) in [5.41, 5.74) is 0. The summed E-state index contributed by atoms with van der Waals surface area (Å²) in [6, 6.07) is 10.3. The molecule has 0 unspecified atom stereocenters. The Hall–Kier alpha value is -1.27. The molecule has 1 aliphatic rings. The molecule has 0 saturated carbocycles. The number of rotatable bonds is 4. The number of amides is 1. The van der Waals surface area contributed by atoms with E-state index in [1.807, 2.05) is 23.1 Å². The normalized spacial score (nSPS) is 14.9. The Labute approximate surface area is 122 Å². The maximum Gasteiger partial charge on any atom is 0.239 e. The number of piperazine rings is 1. The Balaban J connectivity index is 1.65. The summed E-state index contributed by atoms with van der Waals surface area (Å²) in [5, 5.41) is 6.65. The summed E-state index contributed by atoms with van der Waals surface area (Å²) < 4.78 is 0. The van der Waals surface area contributed by atoms with E-state index in [0.29, 0.717) is 18.2 Å². The second-order valence-corrected chi connectivity index (χ2v) is 5.72. The zero-order chi connectivity index (χ0) is 13.5. The number of nitrogens with zero attached hydrogens (tertiary/aromatic N) is 1. The van der Waals surface area contributed by atoms with Crippen molar-refractivity contribution >= 4 is 35.0 Å². The molecule has 2 rings (SSSR count). The van der Waals surface area contributed by atoms with Crippen LogP contribution in [-0.2, 0) is 4.79 Å². The lowest BCUT2D eigenvalue weighted by atomic mass is 10.4. The fraction of sp³-hybridized carbons (Fsp3) is 0.385. The number of carbonyl (C=O) groups is 1. The second kappa shape index (κ2) is 7.35. The lowest BCUT2D eigenvalue weighted by Crippen LogP contribution is -2.53. The predicted molar refractivity (Wildman–Crippen MR) is 82.3 cm³/mol. The molecule has 1 aliphatic heterocycles. The van der Waals surface area contributed by atoms with Crippen molar-refractivity contribution in [2.24, 2.45) is 0 Å². The highest BCUT2D eigenvalue weighted by molar-refractivity contribution is 7.99. The molecular weight excluding hydrogens is 278 g/mol. The maximum absolute atomic E-state index is 11.2. The van der Waals surface area contributed by atoms with Crippen LogP contribution >= 0.6 is 24.0 Å². The molecule has 0 radical (unpaired) electrons. The van der Waals surface area contributed by atoms with Gasteiger partial charge in [0.25, 0.3) is 0 Å². The van der Waals surface area contributed by atoms with Crippen LogP contribution in [0.4, 0.5) is 0 Å². The number of nitrogens with one attached hydrogen (secondary N) is 2. The quantitative estimate of drug-likeness (QED) is 0.494. The van der Waals surface area contributed by atoms with Gasteiger partial charge in [-0.25, -0.2) is 0 Å². The number of benzene rings is 1. The number of hydrogen-bond donors (Lipinski definition) is 2. The monoisotopic (exact) mass is 295 g/mol. The summed E-state index contributed by atoms with van der Waals surface area (Å²) in [6.45, 7) is 2.61. The van der Waals surface area contributed by atoms with Crippen LogP contribution in [0, 0.1) is 0 Å². The lowest BCUT2D eigenvalue weighted by Gasteiger charge is -2.29. The standard InChI is InChI=1S/C13H17N3OS2/c17-12-10-16(8-6-14-12)13(18)15-7-9-19-11-4-2-1-3-5-11/h1-5H,6-10H2,(H,14,17)(H,15,18). The summed E-state index contributed by atoms with van der Waals surface area (Å²) in [7, 11) is 0. The van der Waals surface area contributed by atoms with Gasteiger partial charge in [-0.2, -0.15) is 0 Å². The van der Waals surface area contributed by atoms with E-state index in [1.165, 1.54) is 4.90 Å². The zero-order valence-electron chi connectivity index (χ0n) is 10.6. The van der Waals surface area contributed by atoms with Crippen molar-refractivity contribution < 1.29 is 4.79 Å². The van der Waals surface area contributed by atoms with Gasteiger partial charge in [0.2, 0.25) is 5.91 Å². The fourth-order valence-electron chi connectivity index (χ4n) is 1.77. The van der Waals surface area contributed by atoms with Crippen molar-refractivity contribution in [1.82, 2.24) is 15.5 Å². The van der Waals surface area contributed by atoms with Gasteiger partial charge in [-0.1, -0.05) is 18.2 Å². The molecule has 0 aromatic heterocycles. The van der Waals surface area contributed by atoms with E-state index in [4.69, 9.17) is 12.2 Å². The molecule has 0 bridgehead atoms. The molecule has 19 heavy (non-hydrogen) atoms. The summed E-state index contributed by atoms with van der Waals surface area (Å²) in [4.78, 5) is 14.4. The maximum atomic E-state index is 11.2. The van der Waals surface area contributed by atoms with Crippen LogP contribution in [-0.4, -0.2) is 47.9 Å². The van der Waals surface area contributed by atoms with Gasteiger partial charge in [-0.05, 0) is 24.4 Å². The molecule has 1 heterocycles.